The average molecular weight is 238 g/mol. The van der Waals surface area contributed by atoms with Crippen LogP contribution >= 0.6 is 15.9 Å². The molecule has 0 fully saturated rings. The van der Waals surface area contributed by atoms with Gasteiger partial charge in [-0.25, -0.2) is 4.98 Å². The Kier molecular flexibility index (Phi) is 2.19. The van der Waals surface area contributed by atoms with E-state index in [1.165, 1.54) is 12.0 Å². The van der Waals surface area contributed by atoms with Gasteiger partial charge in [0.15, 0.2) is 12.2 Å². The van der Waals surface area contributed by atoms with Crippen LogP contribution in [0, 0.1) is 6.92 Å². The van der Waals surface area contributed by atoms with Gasteiger partial charge in [0, 0.05) is 10.0 Å². The van der Waals surface area contributed by atoms with Gasteiger partial charge in [0.1, 0.15) is 0 Å². The summed E-state index contributed by atoms with van der Waals surface area (Å²) in [6, 6.07) is 6.08. The normalized spacial score (nSPS) is 10.3. The molecule has 0 saturated carbocycles. The molecular formula is C10H8BrNO. The van der Waals surface area contributed by atoms with Gasteiger partial charge in [-0.05, 0) is 24.6 Å². The zero-order chi connectivity index (χ0) is 9.26. The van der Waals surface area contributed by atoms with Crippen LogP contribution in [-0.2, 0) is 0 Å². The second kappa shape index (κ2) is 3.34. The maximum atomic E-state index is 5.22. The Morgan fingerprint density at radius 1 is 1.38 bits per heavy atom. The third-order valence-electron chi connectivity index (χ3n) is 1.90. The first kappa shape index (κ1) is 8.51. The Bertz CT molecular complexity index is 409. The van der Waals surface area contributed by atoms with Crippen LogP contribution in [-0.4, -0.2) is 4.98 Å². The molecule has 0 spiro atoms. The highest BCUT2D eigenvalue weighted by atomic mass is 79.9. The lowest BCUT2D eigenvalue weighted by molar-refractivity contribution is 0.571. The second-order valence-corrected chi connectivity index (χ2v) is 3.74. The number of hydrogen-bond acceptors (Lipinski definition) is 2. The van der Waals surface area contributed by atoms with E-state index in [4.69, 9.17) is 4.42 Å². The van der Waals surface area contributed by atoms with Crippen LogP contribution < -0.4 is 0 Å². The first-order valence-corrected chi connectivity index (χ1v) is 4.71. The third kappa shape index (κ3) is 1.65. The van der Waals surface area contributed by atoms with Gasteiger partial charge >= 0.3 is 0 Å². The quantitative estimate of drug-likeness (QED) is 0.760. The van der Waals surface area contributed by atoms with E-state index in [9.17, 15) is 0 Å². The van der Waals surface area contributed by atoms with Crippen molar-refractivity contribution in [2.75, 3.05) is 0 Å². The lowest BCUT2D eigenvalue weighted by Crippen LogP contribution is -1.80. The summed E-state index contributed by atoms with van der Waals surface area (Å²) in [5.41, 5.74) is 2.26. The minimum atomic E-state index is 0.804. The van der Waals surface area contributed by atoms with E-state index in [0.717, 1.165) is 15.8 Å². The molecule has 0 N–H and O–H groups in total. The monoisotopic (exact) mass is 237 g/mol. The third-order valence-corrected chi connectivity index (χ3v) is 2.39. The Morgan fingerprint density at radius 2 is 2.23 bits per heavy atom. The van der Waals surface area contributed by atoms with Crippen molar-refractivity contribution in [3.8, 4) is 11.3 Å². The van der Waals surface area contributed by atoms with Gasteiger partial charge in [-0.3, -0.25) is 0 Å². The molecule has 2 nitrogen and oxygen atoms in total. The molecule has 2 rings (SSSR count). The predicted octanol–water partition coefficient (Wildman–Crippen LogP) is 3.41. The first-order chi connectivity index (χ1) is 6.27. The van der Waals surface area contributed by atoms with E-state index in [-0.39, 0.29) is 0 Å². The molecule has 66 valence electrons. The molecule has 0 unspecified atom stereocenters. The van der Waals surface area contributed by atoms with Crippen molar-refractivity contribution in [1.82, 2.24) is 4.98 Å². The molecule has 0 aliphatic rings. The molecule has 13 heavy (non-hydrogen) atoms. The van der Waals surface area contributed by atoms with E-state index in [0.29, 0.717) is 0 Å². The van der Waals surface area contributed by atoms with Crippen LogP contribution in [0.15, 0.2) is 39.7 Å². The summed E-state index contributed by atoms with van der Waals surface area (Å²) in [4.78, 5) is 3.89. The summed E-state index contributed by atoms with van der Waals surface area (Å²) >= 11 is 3.42. The summed E-state index contributed by atoms with van der Waals surface area (Å²) in [5.74, 6) is 0.804. The van der Waals surface area contributed by atoms with Gasteiger partial charge in [0.25, 0.3) is 0 Å². The molecule has 0 radical (unpaired) electrons. The number of aromatic nitrogens is 1. The van der Waals surface area contributed by atoms with Gasteiger partial charge in [0.2, 0.25) is 0 Å². The van der Waals surface area contributed by atoms with E-state index >= 15 is 0 Å². The summed E-state index contributed by atoms with van der Waals surface area (Å²) in [6.07, 6.45) is 3.16. The van der Waals surface area contributed by atoms with Gasteiger partial charge in [-0.1, -0.05) is 22.0 Å². The van der Waals surface area contributed by atoms with Gasteiger partial charge in [-0.2, -0.15) is 0 Å². The molecule has 0 bridgehead atoms. The molecule has 1 aromatic heterocycles. The smallest absolute Gasteiger partial charge is 0.181 e. The molecule has 2 aromatic rings. The molecule has 0 aliphatic carbocycles. The maximum absolute atomic E-state index is 5.22. The Balaban J connectivity index is 2.57. The summed E-state index contributed by atoms with van der Waals surface area (Å²) in [6.45, 7) is 2.05. The summed E-state index contributed by atoms with van der Waals surface area (Å²) < 4.78 is 6.27. The minimum Gasteiger partial charge on any atom is -0.444 e. The average Bonchev–Trinajstić information content (AvgIpc) is 2.61. The van der Waals surface area contributed by atoms with E-state index in [2.05, 4.69) is 20.9 Å². The van der Waals surface area contributed by atoms with Crippen molar-refractivity contribution in [2.45, 2.75) is 6.92 Å². The zero-order valence-corrected chi connectivity index (χ0v) is 8.71. The molecule has 0 aliphatic heterocycles. The second-order valence-electron chi connectivity index (χ2n) is 2.82. The topological polar surface area (TPSA) is 26.0 Å². The summed E-state index contributed by atoms with van der Waals surface area (Å²) in [5, 5.41) is 0. The van der Waals surface area contributed by atoms with Gasteiger partial charge < -0.3 is 4.42 Å². The lowest BCUT2D eigenvalue weighted by Gasteiger charge is -2.01. The van der Waals surface area contributed by atoms with Crippen LogP contribution in [0.25, 0.3) is 11.3 Å². The first-order valence-electron chi connectivity index (χ1n) is 3.92. The van der Waals surface area contributed by atoms with E-state index in [1.807, 2.05) is 25.1 Å². The maximum Gasteiger partial charge on any atom is 0.181 e. The predicted molar refractivity (Wildman–Crippen MR) is 54.4 cm³/mol. The van der Waals surface area contributed by atoms with Crippen molar-refractivity contribution >= 4 is 15.9 Å². The lowest BCUT2D eigenvalue weighted by atomic mass is 10.1. The van der Waals surface area contributed by atoms with Crippen molar-refractivity contribution in [1.29, 1.82) is 0 Å². The minimum absolute atomic E-state index is 0.804. The molecule has 0 saturated heterocycles. The highest BCUT2D eigenvalue weighted by molar-refractivity contribution is 9.10. The van der Waals surface area contributed by atoms with Crippen molar-refractivity contribution < 1.29 is 4.42 Å². The van der Waals surface area contributed by atoms with Crippen LogP contribution in [0.4, 0.5) is 0 Å². The molecule has 1 heterocycles. The molecule has 1 aromatic carbocycles. The molecule has 3 heteroatoms. The van der Waals surface area contributed by atoms with E-state index < -0.39 is 0 Å². The molecule has 0 amide bonds. The fourth-order valence-corrected chi connectivity index (χ4v) is 1.57. The SMILES string of the molecule is Cc1ccc(Br)cc1-c1cnco1. The Hall–Kier alpha value is -1.09. The highest BCUT2D eigenvalue weighted by Gasteiger charge is 2.04. The van der Waals surface area contributed by atoms with Crippen LogP contribution in [0.1, 0.15) is 5.56 Å². The fraction of sp³-hybridized carbons (Fsp3) is 0.100. The number of hydrogen-bond donors (Lipinski definition) is 0. The molecular weight excluding hydrogens is 230 g/mol. The zero-order valence-electron chi connectivity index (χ0n) is 7.12. The van der Waals surface area contributed by atoms with Crippen molar-refractivity contribution in [2.24, 2.45) is 0 Å². The number of halogens is 1. The fourth-order valence-electron chi connectivity index (χ4n) is 1.21. The van der Waals surface area contributed by atoms with Crippen molar-refractivity contribution in [3.63, 3.8) is 0 Å². The summed E-state index contributed by atoms with van der Waals surface area (Å²) in [7, 11) is 0. The van der Waals surface area contributed by atoms with Crippen LogP contribution in [0.2, 0.25) is 0 Å². The van der Waals surface area contributed by atoms with Gasteiger partial charge in [-0.15, -0.1) is 0 Å². The van der Waals surface area contributed by atoms with Crippen LogP contribution in [0.3, 0.4) is 0 Å². The number of nitrogens with zero attached hydrogens (tertiary/aromatic N) is 1. The molecule has 0 atom stereocenters. The van der Waals surface area contributed by atoms with Crippen molar-refractivity contribution in [3.05, 3.63) is 40.8 Å². The number of aryl methyl sites for hydroxylation is 1. The Labute approximate surface area is 84.7 Å². The number of oxazole rings is 1. The van der Waals surface area contributed by atoms with E-state index in [1.54, 1.807) is 6.20 Å². The Morgan fingerprint density at radius 3 is 2.92 bits per heavy atom. The highest BCUT2D eigenvalue weighted by Crippen LogP contribution is 2.26. The number of rotatable bonds is 1. The van der Waals surface area contributed by atoms with Crippen LogP contribution in [0.5, 0.6) is 0 Å². The largest absolute Gasteiger partial charge is 0.444 e. The standard InChI is InChI=1S/C10H8BrNO/c1-7-2-3-8(11)4-9(7)10-5-12-6-13-10/h2-6H,1H3. The van der Waals surface area contributed by atoms with Gasteiger partial charge in [0.05, 0.1) is 6.20 Å². The number of benzene rings is 1.